The van der Waals surface area contributed by atoms with Gasteiger partial charge < -0.3 is 23.9 Å². The average molecular weight is 361 g/mol. The summed E-state index contributed by atoms with van der Waals surface area (Å²) in [4.78, 5) is 25.4. The van der Waals surface area contributed by atoms with E-state index in [4.69, 9.17) is 19.0 Å². The maximum Gasteiger partial charge on any atom is 0.339 e. The summed E-state index contributed by atoms with van der Waals surface area (Å²) < 4.78 is 16.4. The average Bonchev–Trinajstić information content (AvgIpc) is 2.94. The van der Waals surface area contributed by atoms with Crippen LogP contribution < -0.4 is 9.47 Å². The minimum absolute atomic E-state index is 0.0918. The number of carboxylic acids is 1. The highest BCUT2D eigenvalue weighted by molar-refractivity contribution is 5.97. The van der Waals surface area contributed by atoms with E-state index < -0.39 is 5.97 Å². The lowest BCUT2D eigenvalue weighted by Crippen LogP contribution is -2.27. The fourth-order valence-electron chi connectivity index (χ4n) is 2.50. The van der Waals surface area contributed by atoms with Gasteiger partial charge in [-0.05, 0) is 39.0 Å². The molecule has 7 heteroatoms. The fraction of sp³-hybridized carbons (Fsp3) is 0.368. The Hall–Kier alpha value is -2.96. The van der Waals surface area contributed by atoms with Crippen molar-refractivity contribution in [1.82, 2.24) is 4.90 Å². The van der Waals surface area contributed by atoms with E-state index in [0.717, 1.165) is 0 Å². The monoisotopic (exact) mass is 361 g/mol. The highest BCUT2D eigenvalue weighted by Crippen LogP contribution is 2.27. The number of amides is 1. The number of carboxylic acid groups (broad SMARTS) is 1. The molecule has 0 atom stereocenters. The van der Waals surface area contributed by atoms with Gasteiger partial charge in [0, 0.05) is 13.1 Å². The Labute approximate surface area is 152 Å². The van der Waals surface area contributed by atoms with Crippen molar-refractivity contribution in [2.24, 2.45) is 0 Å². The van der Waals surface area contributed by atoms with E-state index in [2.05, 4.69) is 0 Å². The molecule has 0 fully saturated rings. The van der Waals surface area contributed by atoms with Gasteiger partial charge in [-0.1, -0.05) is 0 Å². The van der Waals surface area contributed by atoms with Crippen LogP contribution in [0.15, 0.2) is 28.7 Å². The summed E-state index contributed by atoms with van der Waals surface area (Å²) in [5, 5.41) is 9.10. The van der Waals surface area contributed by atoms with Crippen LogP contribution in [0, 0.1) is 6.92 Å². The number of carbonyl (C=O) groups is 2. The largest absolute Gasteiger partial charge is 0.497 e. The summed E-state index contributed by atoms with van der Waals surface area (Å²) in [6.07, 6.45) is -0.107. The molecule has 1 heterocycles. The summed E-state index contributed by atoms with van der Waals surface area (Å²) in [5.41, 5.74) is 0.484. The number of rotatable bonds is 7. The Bertz CT molecular complexity index is 808. The first-order valence-electron chi connectivity index (χ1n) is 8.15. The highest BCUT2D eigenvalue weighted by Gasteiger charge is 2.21. The van der Waals surface area contributed by atoms with Crippen molar-refractivity contribution in [3.63, 3.8) is 0 Å². The highest BCUT2D eigenvalue weighted by atomic mass is 16.5. The summed E-state index contributed by atoms with van der Waals surface area (Å²) in [6, 6.07) is 6.43. The molecule has 1 amide bonds. The quantitative estimate of drug-likeness (QED) is 0.813. The van der Waals surface area contributed by atoms with Crippen molar-refractivity contribution < 1.29 is 28.6 Å². The molecule has 140 valence electrons. The summed E-state index contributed by atoms with van der Waals surface area (Å²) in [5.74, 6) is 0.395. The SMILES string of the molecule is COc1ccc(C(=O)N(C)Cc2cc(C(=O)O)c(C)o2)c(OC(C)C)c1. The van der Waals surface area contributed by atoms with Crippen molar-refractivity contribution in [3.8, 4) is 11.5 Å². The van der Waals surface area contributed by atoms with Gasteiger partial charge in [-0.25, -0.2) is 4.79 Å². The Balaban J connectivity index is 2.24. The zero-order chi connectivity index (χ0) is 19.4. The molecule has 2 aromatic rings. The lowest BCUT2D eigenvalue weighted by molar-refractivity contribution is 0.0693. The zero-order valence-electron chi connectivity index (χ0n) is 15.5. The second-order valence-corrected chi connectivity index (χ2v) is 6.18. The molecular formula is C19H23NO6. The van der Waals surface area contributed by atoms with Gasteiger partial charge in [0.1, 0.15) is 28.6 Å². The Morgan fingerprint density at radius 1 is 1.23 bits per heavy atom. The van der Waals surface area contributed by atoms with Gasteiger partial charge in [0.25, 0.3) is 5.91 Å². The molecule has 0 radical (unpaired) electrons. The zero-order valence-corrected chi connectivity index (χ0v) is 15.5. The van der Waals surface area contributed by atoms with Crippen molar-refractivity contribution in [3.05, 3.63) is 46.9 Å². The van der Waals surface area contributed by atoms with E-state index in [1.165, 1.54) is 11.0 Å². The van der Waals surface area contributed by atoms with Crippen LogP contribution in [-0.2, 0) is 6.54 Å². The predicted molar refractivity (Wildman–Crippen MR) is 95.0 cm³/mol. The molecule has 0 spiro atoms. The number of hydrogen-bond acceptors (Lipinski definition) is 5. The third-order valence-corrected chi connectivity index (χ3v) is 3.72. The minimum atomic E-state index is -1.06. The Morgan fingerprint density at radius 3 is 2.46 bits per heavy atom. The van der Waals surface area contributed by atoms with E-state index in [0.29, 0.717) is 28.6 Å². The number of hydrogen-bond donors (Lipinski definition) is 1. The van der Waals surface area contributed by atoms with E-state index in [1.807, 2.05) is 13.8 Å². The first-order valence-corrected chi connectivity index (χ1v) is 8.15. The molecule has 0 bridgehead atoms. The third kappa shape index (κ3) is 4.36. The van der Waals surface area contributed by atoms with Gasteiger partial charge in [0.15, 0.2) is 0 Å². The number of aryl methyl sites for hydroxylation is 1. The topological polar surface area (TPSA) is 89.2 Å². The molecule has 0 saturated heterocycles. The lowest BCUT2D eigenvalue weighted by atomic mass is 10.1. The molecule has 0 aliphatic carbocycles. The molecule has 1 N–H and O–H groups in total. The summed E-state index contributed by atoms with van der Waals surface area (Å²) in [6.45, 7) is 5.46. The lowest BCUT2D eigenvalue weighted by Gasteiger charge is -2.20. The number of benzene rings is 1. The van der Waals surface area contributed by atoms with Gasteiger partial charge >= 0.3 is 5.97 Å². The summed E-state index contributed by atoms with van der Waals surface area (Å²) >= 11 is 0. The van der Waals surface area contributed by atoms with Crippen LogP contribution in [-0.4, -0.2) is 42.1 Å². The van der Waals surface area contributed by atoms with Crippen LogP contribution in [0.1, 0.15) is 46.1 Å². The number of carbonyl (C=O) groups excluding carboxylic acids is 1. The molecule has 2 rings (SSSR count). The molecule has 1 aromatic carbocycles. The van der Waals surface area contributed by atoms with Crippen molar-refractivity contribution >= 4 is 11.9 Å². The number of aromatic carboxylic acids is 1. The van der Waals surface area contributed by atoms with Gasteiger partial charge in [-0.2, -0.15) is 0 Å². The molecular weight excluding hydrogens is 338 g/mol. The molecule has 26 heavy (non-hydrogen) atoms. The van der Waals surface area contributed by atoms with Gasteiger partial charge in [-0.3, -0.25) is 4.79 Å². The van der Waals surface area contributed by atoms with Crippen LogP contribution in [0.5, 0.6) is 11.5 Å². The van der Waals surface area contributed by atoms with Gasteiger partial charge in [-0.15, -0.1) is 0 Å². The molecule has 0 unspecified atom stereocenters. The van der Waals surface area contributed by atoms with Crippen molar-refractivity contribution in [2.45, 2.75) is 33.4 Å². The maximum absolute atomic E-state index is 12.8. The summed E-state index contributed by atoms with van der Waals surface area (Å²) in [7, 11) is 3.16. The molecule has 0 aliphatic rings. The number of furan rings is 1. The Kier molecular flexibility index (Phi) is 5.92. The molecule has 0 saturated carbocycles. The van der Waals surface area contributed by atoms with Crippen molar-refractivity contribution in [2.75, 3.05) is 14.2 Å². The van der Waals surface area contributed by atoms with Crippen LogP contribution in [0.4, 0.5) is 0 Å². The number of ether oxygens (including phenoxy) is 2. The predicted octanol–water partition coefficient (Wildman–Crippen LogP) is 3.35. The second-order valence-electron chi connectivity index (χ2n) is 6.18. The van der Waals surface area contributed by atoms with E-state index in [1.54, 1.807) is 39.3 Å². The van der Waals surface area contributed by atoms with Crippen LogP contribution in [0.2, 0.25) is 0 Å². The molecule has 7 nitrogen and oxygen atoms in total. The van der Waals surface area contributed by atoms with Gasteiger partial charge in [0.2, 0.25) is 0 Å². The van der Waals surface area contributed by atoms with E-state index in [-0.39, 0.29) is 24.1 Å². The first kappa shape index (κ1) is 19.4. The third-order valence-electron chi connectivity index (χ3n) is 3.72. The maximum atomic E-state index is 12.8. The van der Waals surface area contributed by atoms with Crippen LogP contribution >= 0.6 is 0 Å². The van der Waals surface area contributed by atoms with Gasteiger partial charge in [0.05, 0.1) is 25.3 Å². The molecule has 0 aliphatic heterocycles. The van der Waals surface area contributed by atoms with E-state index in [9.17, 15) is 9.59 Å². The fourth-order valence-corrected chi connectivity index (χ4v) is 2.50. The number of methoxy groups -OCH3 is 1. The molecule has 1 aromatic heterocycles. The van der Waals surface area contributed by atoms with Crippen molar-refractivity contribution in [1.29, 1.82) is 0 Å². The van der Waals surface area contributed by atoms with Crippen LogP contribution in [0.3, 0.4) is 0 Å². The smallest absolute Gasteiger partial charge is 0.339 e. The normalized spacial score (nSPS) is 10.7. The first-order chi connectivity index (χ1) is 12.2. The van der Waals surface area contributed by atoms with Crippen LogP contribution in [0.25, 0.3) is 0 Å². The number of nitrogens with zero attached hydrogens (tertiary/aromatic N) is 1. The Morgan fingerprint density at radius 2 is 1.92 bits per heavy atom. The second kappa shape index (κ2) is 7.95. The van der Waals surface area contributed by atoms with E-state index >= 15 is 0 Å². The minimum Gasteiger partial charge on any atom is -0.497 e. The standard InChI is InChI=1S/C19H23NO6/c1-11(2)25-17-9-13(24-5)6-7-15(17)18(21)20(4)10-14-8-16(19(22)23)12(3)26-14/h6-9,11H,10H2,1-5H3,(H,22,23).